The molecule has 0 bridgehead atoms. The number of hydrogen-bond acceptors (Lipinski definition) is 3. The molecule has 0 aliphatic carbocycles. The Balaban J connectivity index is 2.16. The number of thiophene rings is 1. The summed E-state index contributed by atoms with van der Waals surface area (Å²) in [5.74, 6) is -0.148. The highest BCUT2D eigenvalue weighted by molar-refractivity contribution is 9.10. The second-order valence-electron chi connectivity index (χ2n) is 5.69. The fraction of sp³-hybridized carbons (Fsp3) is 0.333. The number of aromatic nitrogens is 1. The van der Waals surface area contributed by atoms with Gasteiger partial charge in [-0.2, -0.15) is 0 Å². The normalized spacial score (nSPS) is 11.5. The number of amides is 1. The van der Waals surface area contributed by atoms with Crippen molar-refractivity contribution in [1.29, 1.82) is 0 Å². The Kier molecular flexibility index (Phi) is 5.07. The van der Waals surface area contributed by atoms with Gasteiger partial charge in [-0.1, -0.05) is 32.4 Å². The summed E-state index contributed by atoms with van der Waals surface area (Å²) in [7, 11) is 0. The molecule has 0 unspecified atom stereocenters. The molecule has 0 aromatic carbocycles. The predicted molar refractivity (Wildman–Crippen MR) is 91.1 cm³/mol. The summed E-state index contributed by atoms with van der Waals surface area (Å²) >= 11 is 11.1. The summed E-state index contributed by atoms with van der Waals surface area (Å²) in [6.45, 7) is 6.60. The van der Waals surface area contributed by atoms with Crippen LogP contribution in [-0.4, -0.2) is 10.9 Å². The highest BCUT2D eigenvalue weighted by Crippen LogP contribution is 2.24. The minimum absolute atomic E-state index is 0.148. The predicted octanol–water partition coefficient (Wildman–Crippen LogP) is 4.79. The van der Waals surface area contributed by atoms with Crippen LogP contribution >= 0.6 is 38.9 Å². The van der Waals surface area contributed by atoms with Gasteiger partial charge in [0.05, 0.1) is 6.54 Å². The monoisotopic (exact) mass is 386 g/mol. The van der Waals surface area contributed by atoms with Gasteiger partial charge in [-0.15, -0.1) is 11.3 Å². The van der Waals surface area contributed by atoms with Crippen LogP contribution in [0.25, 0.3) is 0 Å². The van der Waals surface area contributed by atoms with E-state index in [0.29, 0.717) is 17.3 Å². The van der Waals surface area contributed by atoms with Crippen molar-refractivity contribution in [3.05, 3.63) is 49.3 Å². The molecule has 6 heteroatoms. The van der Waals surface area contributed by atoms with Gasteiger partial charge in [0.2, 0.25) is 0 Å². The number of pyridine rings is 1. The zero-order valence-corrected chi connectivity index (χ0v) is 15.2. The van der Waals surface area contributed by atoms with E-state index < -0.39 is 0 Å². The zero-order chi connectivity index (χ0) is 15.6. The van der Waals surface area contributed by atoms with Crippen molar-refractivity contribution in [1.82, 2.24) is 10.3 Å². The van der Waals surface area contributed by atoms with Gasteiger partial charge in [0.25, 0.3) is 5.91 Å². The first-order valence-corrected chi connectivity index (χ1v) is 8.50. The van der Waals surface area contributed by atoms with Crippen LogP contribution in [0.4, 0.5) is 0 Å². The van der Waals surface area contributed by atoms with Gasteiger partial charge in [0.15, 0.2) is 0 Å². The van der Waals surface area contributed by atoms with Crippen LogP contribution in [0.5, 0.6) is 0 Å². The van der Waals surface area contributed by atoms with Crippen LogP contribution in [0.1, 0.15) is 41.7 Å². The smallest absolute Gasteiger partial charge is 0.251 e. The number of hydrogen-bond donors (Lipinski definition) is 1. The van der Waals surface area contributed by atoms with Crippen molar-refractivity contribution in [2.75, 3.05) is 0 Å². The Morgan fingerprint density at radius 2 is 2.14 bits per heavy atom. The standard InChI is InChI=1S/C15H16BrClN2OS/c1-15(2,3)12-6-9(7-13(17)19-12)14(20)18-8-11-10(16)4-5-21-11/h4-7H,8H2,1-3H3,(H,18,20). The molecule has 2 heterocycles. The van der Waals surface area contributed by atoms with E-state index in [1.807, 2.05) is 32.2 Å². The fourth-order valence-corrected chi connectivity index (χ4v) is 3.37. The molecule has 0 saturated heterocycles. The maximum absolute atomic E-state index is 12.3. The number of rotatable bonds is 3. The lowest BCUT2D eigenvalue weighted by Gasteiger charge is -2.18. The average molecular weight is 388 g/mol. The fourth-order valence-electron chi connectivity index (χ4n) is 1.73. The van der Waals surface area contributed by atoms with E-state index in [0.717, 1.165) is 15.0 Å². The first-order valence-electron chi connectivity index (χ1n) is 6.45. The Labute approximate surface area is 141 Å². The van der Waals surface area contributed by atoms with Gasteiger partial charge in [-0.3, -0.25) is 4.79 Å². The quantitative estimate of drug-likeness (QED) is 0.770. The number of nitrogens with zero attached hydrogens (tertiary/aromatic N) is 1. The Bertz CT molecular complexity index is 664. The van der Waals surface area contributed by atoms with Crippen LogP contribution < -0.4 is 5.32 Å². The molecule has 2 aromatic rings. The molecule has 0 saturated carbocycles. The Hall–Kier alpha value is -0.910. The van der Waals surface area contributed by atoms with E-state index in [9.17, 15) is 4.79 Å². The summed E-state index contributed by atoms with van der Waals surface area (Å²) in [4.78, 5) is 17.6. The third-order valence-corrected chi connectivity index (χ3v) is 5.05. The van der Waals surface area contributed by atoms with Gasteiger partial charge >= 0.3 is 0 Å². The van der Waals surface area contributed by atoms with Crippen molar-refractivity contribution in [3.63, 3.8) is 0 Å². The molecular weight excluding hydrogens is 372 g/mol. The second kappa shape index (κ2) is 6.46. The molecule has 2 aromatic heterocycles. The third-order valence-electron chi connectivity index (χ3n) is 2.93. The number of halogens is 2. The molecule has 0 aliphatic heterocycles. The first kappa shape index (κ1) is 16.5. The highest BCUT2D eigenvalue weighted by atomic mass is 79.9. The first-order chi connectivity index (χ1) is 9.77. The third kappa shape index (κ3) is 4.28. The molecule has 112 valence electrons. The minimum Gasteiger partial charge on any atom is -0.347 e. The lowest BCUT2D eigenvalue weighted by molar-refractivity contribution is 0.0951. The van der Waals surface area contributed by atoms with Gasteiger partial charge in [-0.25, -0.2) is 4.98 Å². The number of nitrogens with one attached hydrogen (secondary N) is 1. The molecule has 0 spiro atoms. The summed E-state index contributed by atoms with van der Waals surface area (Å²) in [6.07, 6.45) is 0. The van der Waals surface area contributed by atoms with Crippen molar-refractivity contribution in [2.24, 2.45) is 0 Å². The lowest BCUT2D eigenvalue weighted by atomic mass is 9.91. The summed E-state index contributed by atoms with van der Waals surface area (Å²) < 4.78 is 1.01. The molecule has 0 aliphatic rings. The largest absolute Gasteiger partial charge is 0.347 e. The summed E-state index contributed by atoms with van der Waals surface area (Å²) in [6, 6.07) is 5.35. The van der Waals surface area contributed by atoms with Crippen LogP contribution in [0.3, 0.4) is 0 Å². The molecule has 3 nitrogen and oxygen atoms in total. The van der Waals surface area contributed by atoms with Crippen LogP contribution in [0.2, 0.25) is 5.15 Å². The van der Waals surface area contributed by atoms with E-state index >= 15 is 0 Å². The molecule has 0 radical (unpaired) electrons. The molecular formula is C15H16BrClN2OS. The molecule has 0 atom stereocenters. The van der Waals surface area contributed by atoms with E-state index in [2.05, 4.69) is 26.2 Å². The summed E-state index contributed by atoms with van der Waals surface area (Å²) in [5.41, 5.74) is 1.18. The van der Waals surface area contributed by atoms with E-state index in [4.69, 9.17) is 11.6 Å². The number of carbonyl (C=O) groups is 1. The topological polar surface area (TPSA) is 42.0 Å². The van der Waals surface area contributed by atoms with Gasteiger partial charge in [0, 0.05) is 26.0 Å². The Morgan fingerprint density at radius 1 is 1.43 bits per heavy atom. The van der Waals surface area contributed by atoms with Crippen molar-refractivity contribution in [2.45, 2.75) is 32.7 Å². The van der Waals surface area contributed by atoms with Crippen molar-refractivity contribution >= 4 is 44.8 Å². The maximum Gasteiger partial charge on any atom is 0.251 e. The van der Waals surface area contributed by atoms with Crippen LogP contribution in [0.15, 0.2) is 28.1 Å². The van der Waals surface area contributed by atoms with Crippen LogP contribution in [0, 0.1) is 0 Å². The maximum atomic E-state index is 12.3. The van der Waals surface area contributed by atoms with E-state index in [-0.39, 0.29) is 11.3 Å². The summed E-state index contributed by atoms with van der Waals surface area (Å²) in [5, 5.41) is 5.22. The molecule has 2 rings (SSSR count). The average Bonchev–Trinajstić information content (AvgIpc) is 2.79. The van der Waals surface area contributed by atoms with Gasteiger partial charge < -0.3 is 5.32 Å². The van der Waals surface area contributed by atoms with Crippen molar-refractivity contribution < 1.29 is 4.79 Å². The molecule has 0 fully saturated rings. The molecule has 21 heavy (non-hydrogen) atoms. The molecule has 1 N–H and O–H groups in total. The SMILES string of the molecule is CC(C)(C)c1cc(C(=O)NCc2sccc2Br)cc(Cl)n1. The Morgan fingerprint density at radius 3 is 2.71 bits per heavy atom. The van der Waals surface area contributed by atoms with Crippen molar-refractivity contribution in [3.8, 4) is 0 Å². The highest BCUT2D eigenvalue weighted by Gasteiger charge is 2.19. The van der Waals surface area contributed by atoms with E-state index in [1.54, 1.807) is 23.5 Å². The number of carbonyl (C=O) groups excluding carboxylic acids is 1. The minimum atomic E-state index is -0.156. The van der Waals surface area contributed by atoms with Gasteiger partial charge in [0.1, 0.15) is 5.15 Å². The lowest BCUT2D eigenvalue weighted by Crippen LogP contribution is -2.24. The van der Waals surface area contributed by atoms with Gasteiger partial charge in [-0.05, 0) is 39.5 Å². The zero-order valence-electron chi connectivity index (χ0n) is 12.0. The van der Waals surface area contributed by atoms with E-state index in [1.165, 1.54) is 0 Å². The van der Waals surface area contributed by atoms with Crippen LogP contribution in [-0.2, 0) is 12.0 Å². The second-order valence-corrected chi connectivity index (χ2v) is 7.93. The molecule has 1 amide bonds.